The van der Waals surface area contributed by atoms with E-state index >= 15 is 0 Å². The summed E-state index contributed by atoms with van der Waals surface area (Å²) >= 11 is 0. The lowest BCUT2D eigenvalue weighted by atomic mass is 10.0. The van der Waals surface area contributed by atoms with E-state index < -0.39 is 17.9 Å². The van der Waals surface area contributed by atoms with Gasteiger partial charge in [-0.2, -0.15) is 0 Å². The van der Waals surface area contributed by atoms with Crippen molar-refractivity contribution in [2.24, 2.45) is 0 Å². The zero-order chi connectivity index (χ0) is 11.8. The molecule has 0 aliphatic carbocycles. The van der Waals surface area contributed by atoms with E-state index in [4.69, 9.17) is 4.74 Å². The van der Waals surface area contributed by atoms with E-state index in [9.17, 15) is 18.0 Å². The second kappa shape index (κ2) is 3.70. The van der Waals surface area contributed by atoms with Crippen LogP contribution in [-0.2, 0) is 0 Å². The van der Waals surface area contributed by atoms with Gasteiger partial charge in [0.05, 0.1) is 6.61 Å². The van der Waals surface area contributed by atoms with Gasteiger partial charge >= 0.3 is 6.36 Å². The molecule has 1 heterocycles. The minimum Gasteiger partial charge on any atom is -0.492 e. The lowest BCUT2D eigenvalue weighted by molar-refractivity contribution is -0.274. The third-order valence-corrected chi connectivity index (χ3v) is 2.08. The van der Waals surface area contributed by atoms with Crippen molar-refractivity contribution in [2.75, 3.05) is 6.61 Å². The molecule has 1 aliphatic heterocycles. The van der Waals surface area contributed by atoms with E-state index in [1.165, 1.54) is 12.1 Å². The molecule has 0 aromatic heterocycles. The molecule has 1 aromatic rings. The summed E-state index contributed by atoms with van der Waals surface area (Å²) in [6, 6.07) is 3.88. The molecule has 0 atom stereocenters. The van der Waals surface area contributed by atoms with Crippen LogP contribution in [0.4, 0.5) is 13.2 Å². The van der Waals surface area contributed by atoms with Gasteiger partial charge in [-0.25, -0.2) is 0 Å². The Kier molecular flexibility index (Phi) is 2.49. The van der Waals surface area contributed by atoms with Gasteiger partial charge in [0.1, 0.15) is 17.1 Å². The molecule has 0 spiro atoms. The van der Waals surface area contributed by atoms with E-state index in [1.54, 1.807) is 0 Å². The third-order valence-electron chi connectivity index (χ3n) is 2.08. The summed E-state index contributed by atoms with van der Waals surface area (Å²) < 4.78 is 45.0. The molecule has 0 saturated carbocycles. The highest BCUT2D eigenvalue weighted by atomic mass is 19.4. The van der Waals surface area contributed by atoms with Crippen LogP contribution < -0.4 is 9.47 Å². The van der Waals surface area contributed by atoms with Crippen LogP contribution in [0.15, 0.2) is 18.2 Å². The topological polar surface area (TPSA) is 35.5 Å². The first-order chi connectivity index (χ1) is 7.47. The minimum absolute atomic E-state index is 0.0607. The maximum absolute atomic E-state index is 12.1. The number of rotatable bonds is 1. The van der Waals surface area contributed by atoms with E-state index in [1.807, 2.05) is 0 Å². The number of hydrogen-bond donors (Lipinski definition) is 0. The average Bonchev–Trinajstić information content (AvgIpc) is 2.15. The van der Waals surface area contributed by atoms with Crippen LogP contribution in [0.5, 0.6) is 11.5 Å². The van der Waals surface area contributed by atoms with Crippen molar-refractivity contribution in [3.8, 4) is 11.5 Å². The fourth-order valence-electron chi connectivity index (χ4n) is 1.49. The van der Waals surface area contributed by atoms with Crippen LogP contribution in [0.2, 0.25) is 0 Å². The summed E-state index contributed by atoms with van der Waals surface area (Å²) in [5, 5.41) is 0. The summed E-state index contributed by atoms with van der Waals surface area (Å²) in [5.74, 6) is -0.770. The highest BCUT2D eigenvalue weighted by molar-refractivity contribution is 6.02. The van der Waals surface area contributed by atoms with Gasteiger partial charge in [0.2, 0.25) is 0 Å². The van der Waals surface area contributed by atoms with Crippen molar-refractivity contribution >= 4 is 5.78 Å². The van der Waals surface area contributed by atoms with Gasteiger partial charge in [-0.1, -0.05) is 6.07 Å². The molecular formula is C10H7F3O3. The standard InChI is InChI=1S/C10H7F3O3/c11-10(12,13)16-8-3-1-2-7-9(8)6(14)4-5-15-7/h1-3H,4-5H2. The van der Waals surface area contributed by atoms with Crippen molar-refractivity contribution < 1.29 is 27.4 Å². The predicted octanol–water partition coefficient (Wildman–Crippen LogP) is 2.55. The Balaban J connectivity index is 2.43. The Labute approximate surface area is 88.8 Å². The normalized spacial score (nSPS) is 15.3. The summed E-state index contributed by atoms with van der Waals surface area (Å²) in [7, 11) is 0. The molecule has 0 saturated heterocycles. The molecule has 0 N–H and O–H groups in total. The summed E-state index contributed by atoms with van der Waals surface area (Å²) in [6.07, 6.45) is -4.75. The Morgan fingerprint density at radius 2 is 2.06 bits per heavy atom. The smallest absolute Gasteiger partial charge is 0.492 e. The second-order valence-electron chi connectivity index (χ2n) is 3.20. The van der Waals surface area contributed by atoms with E-state index in [0.717, 1.165) is 6.07 Å². The van der Waals surface area contributed by atoms with Crippen LogP contribution in [0.25, 0.3) is 0 Å². The highest BCUT2D eigenvalue weighted by Gasteiger charge is 2.34. The summed E-state index contributed by atoms with van der Waals surface area (Å²) in [5.41, 5.74) is -0.133. The van der Waals surface area contributed by atoms with Crippen molar-refractivity contribution in [2.45, 2.75) is 12.8 Å². The number of Topliss-reactive ketones (excluding diaryl/α,β-unsaturated/α-hetero) is 1. The van der Waals surface area contributed by atoms with Crippen LogP contribution in [0, 0.1) is 0 Å². The second-order valence-corrected chi connectivity index (χ2v) is 3.20. The molecule has 86 valence electrons. The largest absolute Gasteiger partial charge is 0.573 e. The Morgan fingerprint density at radius 3 is 2.75 bits per heavy atom. The number of carbonyl (C=O) groups is 1. The van der Waals surface area contributed by atoms with Gasteiger partial charge in [0, 0.05) is 6.42 Å². The van der Waals surface area contributed by atoms with E-state index in [0.29, 0.717) is 0 Å². The molecule has 0 radical (unpaired) electrons. The van der Waals surface area contributed by atoms with Gasteiger partial charge in [0.25, 0.3) is 0 Å². The molecular weight excluding hydrogens is 225 g/mol. The molecule has 2 rings (SSSR count). The Bertz CT molecular complexity index is 426. The molecule has 3 nitrogen and oxygen atoms in total. The highest BCUT2D eigenvalue weighted by Crippen LogP contribution is 2.35. The number of benzene rings is 1. The van der Waals surface area contributed by atoms with Gasteiger partial charge in [-0.05, 0) is 12.1 Å². The first-order valence-corrected chi connectivity index (χ1v) is 4.52. The average molecular weight is 232 g/mol. The fraction of sp³-hybridized carbons (Fsp3) is 0.300. The predicted molar refractivity (Wildman–Crippen MR) is 47.6 cm³/mol. The van der Waals surface area contributed by atoms with Gasteiger partial charge < -0.3 is 9.47 Å². The quantitative estimate of drug-likeness (QED) is 0.746. The van der Waals surface area contributed by atoms with E-state index in [2.05, 4.69) is 4.74 Å². The molecule has 1 aromatic carbocycles. The maximum Gasteiger partial charge on any atom is 0.573 e. The van der Waals surface area contributed by atoms with Crippen molar-refractivity contribution in [1.82, 2.24) is 0 Å². The molecule has 0 unspecified atom stereocenters. The van der Waals surface area contributed by atoms with Crippen LogP contribution in [-0.4, -0.2) is 18.8 Å². The number of halogens is 3. The first kappa shape index (κ1) is 10.8. The van der Waals surface area contributed by atoms with Gasteiger partial charge in [-0.15, -0.1) is 13.2 Å². The van der Waals surface area contributed by atoms with Crippen LogP contribution in [0.1, 0.15) is 16.8 Å². The lowest BCUT2D eigenvalue weighted by Gasteiger charge is -2.19. The van der Waals surface area contributed by atoms with E-state index in [-0.39, 0.29) is 24.3 Å². The van der Waals surface area contributed by atoms with Crippen LogP contribution in [0.3, 0.4) is 0 Å². The number of ether oxygens (including phenoxy) is 2. The van der Waals surface area contributed by atoms with Crippen LogP contribution >= 0.6 is 0 Å². The molecule has 0 bridgehead atoms. The Morgan fingerprint density at radius 1 is 1.31 bits per heavy atom. The zero-order valence-electron chi connectivity index (χ0n) is 8.00. The zero-order valence-corrected chi connectivity index (χ0v) is 8.00. The monoisotopic (exact) mass is 232 g/mol. The van der Waals surface area contributed by atoms with Crippen molar-refractivity contribution in [3.63, 3.8) is 0 Å². The lowest BCUT2D eigenvalue weighted by Crippen LogP contribution is -2.22. The first-order valence-electron chi connectivity index (χ1n) is 4.52. The number of carbonyl (C=O) groups excluding carboxylic acids is 1. The SMILES string of the molecule is O=C1CCOc2cccc(OC(F)(F)F)c21. The fourth-order valence-corrected chi connectivity index (χ4v) is 1.49. The maximum atomic E-state index is 12.1. The molecule has 0 fully saturated rings. The summed E-state index contributed by atoms with van der Waals surface area (Å²) in [4.78, 5) is 11.5. The number of alkyl halides is 3. The van der Waals surface area contributed by atoms with Crippen molar-refractivity contribution in [1.29, 1.82) is 0 Å². The number of hydrogen-bond acceptors (Lipinski definition) is 3. The molecule has 16 heavy (non-hydrogen) atoms. The number of fused-ring (bicyclic) bond motifs is 1. The summed E-state index contributed by atoms with van der Waals surface area (Å²) in [6.45, 7) is 0.182. The molecule has 6 heteroatoms. The van der Waals surface area contributed by atoms with Gasteiger partial charge in [0.15, 0.2) is 5.78 Å². The Hall–Kier alpha value is -1.72. The van der Waals surface area contributed by atoms with Gasteiger partial charge in [-0.3, -0.25) is 4.79 Å². The molecule has 1 aliphatic rings. The minimum atomic E-state index is -4.81. The molecule has 0 amide bonds. The number of ketones is 1. The van der Waals surface area contributed by atoms with Crippen molar-refractivity contribution in [3.05, 3.63) is 23.8 Å². The third kappa shape index (κ3) is 2.10.